The van der Waals surface area contributed by atoms with Crippen molar-refractivity contribution in [3.63, 3.8) is 0 Å². The molecule has 17 heavy (non-hydrogen) atoms. The SMILES string of the molecule is CC(=O)OC(S)c1cccc(-c2ccn[nH]2)c1. The van der Waals surface area contributed by atoms with Gasteiger partial charge in [-0.3, -0.25) is 9.89 Å². The van der Waals surface area contributed by atoms with Crippen LogP contribution in [0.5, 0.6) is 0 Å². The fourth-order valence-corrected chi connectivity index (χ4v) is 1.81. The zero-order chi connectivity index (χ0) is 12.3. The molecule has 1 N–H and O–H groups in total. The van der Waals surface area contributed by atoms with Crippen LogP contribution in [0.25, 0.3) is 11.3 Å². The number of H-pyrrole nitrogens is 1. The zero-order valence-corrected chi connectivity index (χ0v) is 10.1. The van der Waals surface area contributed by atoms with E-state index in [1.807, 2.05) is 30.3 Å². The van der Waals surface area contributed by atoms with Gasteiger partial charge in [-0.05, 0) is 17.7 Å². The van der Waals surface area contributed by atoms with Crippen LogP contribution in [0.15, 0.2) is 36.5 Å². The molecule has 0 fully saturated rings. The summed E-state index contributed by atoms with van der Waals surface area (Å²) >= 11 is 4.23. The van der Waals surface area contributed by atoms with Crippen molar-refractivity contribution >= 4 is 18.6 Å². The summed E-state index contributed by atoms with van der Waals surface area (Å²) in [5, 5.41) is 6.77. The van der Waals surface area contributed by atoms with Crippen molar-refractivity contribution < 1.29 is 9.53 Å². The van der Waals surface area contributed by atoms with Gasteiger partial charge in [-0.2, -0.15) is 5.10 Å². The Kier molecular flexibility index (Phi) is 3.49. The standard InChI is InChI=1S/C12H12N2O2S/c1-8(15)16-12(17)10-4-2-3-9(7-10)11-5-6-13-14-11/h2-7,12,17H,1H3,(H,13,14). The highest BCUT2D eigenvalue weighted by Crippen LogP contribution is 2.25. The smallest absolute Gasteiger partial charge is 0.304 e. The summed E-state index contributed by atoms with van der Waals surface area (Å²) in [4.78, 5) is 10.9. The van der Waals surface area contributed by atoms with E-state index in [1.54, 1.807) is 6.20 Å². The lowest BCUT2D eigenvalue weighted by Crippen LogP contribution is -2.02. The highest BCUT2D eigenvalue weighted by Gasteiger charge is 2.10. The van der Waals surface area contributed by atoms with Crippen LogP contribution < -0.4 is 0 Å². The quantitative estimate of drug-likeness (QED) is 0.498. The predicted octanol–water partition coefficient (Wildman–Crippen LogP) is 2.57. The molecule has 0 aliphatic rings. The normalized spacial score (nSPS) is 12.1. The van der Waals surface area contributed by atoms with E-state index in [2.05, 4.69) is 22.8 Å². The van der Waals surface area contributed by atoms with Gasteiger partial charge in [-0.1, -0.05) is 18.2 Å². The number of hydrogen-bond donors (Lipinski definition) is 2. The summed E-state index contributed by atoms with van der Waals surface area (Å²) < 4.78 is 5.01. The Balaban J connectivity index is 2.25. The monoisotopic (exact) mass is 248 g/mol. The Morgan fingerprint density at radius 1 is 1.47 bits per heavy atom. The first kappa shape index (κ1) is 11.7. The largest absolute Gasteiger partial charge is 0.447 e. The molecule has 88 valence electrons. The summed E-state index contributed by atoms with van der Waals surface area (Å²) in [5.74, 6) is -0.350. The Hall–Kier alpha value is -1.75. The third kappa shape index (κ3) is 2.88. The van der Waals surface area contributed by atoms with Crippen molar-refractivity contribution in [1.82, 2.24) is 10.2 Å². The van der Waals surface area contributed by atoms with Crippen LogP contribution in [0.3, 0.4) is 0 Å². The lowest BCUT2D eigenvalue weighted by atomic mass is 10.1. The highest BCUT2D eigenvalue weighted by atomic mass is 32.1. The van der Waals surface area contributed by atoms with Gasteiger partial charge in [-0.25, -0.2) is 0 Å². The summed E-state index contributed by atoms with van der Waals surface area (Å²) in [6.45, 7) is 1.36. The van der Waals surface area contributed by atoms with E-state index < -0.39 is 5.44 Å². The molecule has 5 heteroatoms. The van der Waals surface area contributed by atoms with Gasteiger partial charge < -0.3 is 4.74 Å². The topological polar surface area (TPSA) is 55.0 Å². The first-order chi connectivity index (χ1) is 8.16. The maximum Gasteiger partial charge on any atom is 0.304 e. The molecule has 4 nitrogen and oxygen atoms in total. The molecule has 1 unspecified atom stereocenters. The molecule has 0 bridgehead atoms. The van der Waals surface area contributed by atoms with Crippen LogP contribution in [0.2, 0.25) is 0 Å². The van der Waals surface area contributed by atoms with Crippen molar-refractivity contribution in [2.24, 2.45) is 0 Å². The number of carbonyl (C=O) groups is 1. The molecule has 2 rings (SSSR count). The number of carbonyl (C=O) groups excluding carboxylic acids is 1. The zero-order valence-electron chi connectivity index (χ0n) is 9.25. The van der Waals surface area contributed by atoms with Crippen LogP contribution in [0.1, 0.15) is 17.9 Å². The minimum atomic E-state index is -0.546. The van der Waals surface area contributed by atoms with Gasteiger partial charge >= 0.3 is 5.97 Å². The van der Waals surface area contributed by atoms with E-state index in [1.165, 1.54) is 6.92 Å². The summed E-state index contributed by atoms with van der Waals surface area (Å²) in [6.07, 6.45) is 1.69. The van der Waals surface area contributed by atoms with Gasteiger partial charge in [0.1, 0.15) is 0 Å². The van der Waals surface area contributed by atoms with Crippen LogP contribution >= 0.6 is 12.6 Å². The molecule has 0 aliphatic carbocycles. The number of benzene rings is 1. The third-order valence-corrected chi connectivity index (χ3v) is 2.66. The summed E-state index contributed by atoms with van der Waals surface area (Å²) in [7, 11) is 0. The molecule has 1 aromatic carbocycles. The van der Waals surface area contributed by atoms with Gasteiger partial charge in [0, 0.05) is 18.7 Å². The van der Waals surface area contributed by atoms with Crippen molar-refractivity contribution in [3.05, 3.63) is 42.1 Å². The molecule has 0 spiro atoms. The number of aromatic nitrogens is 2. The van der Waals surface area contributed by atoms with Crippen molar-refractivity contribution in [3.8, 4) is 11.3 Å². The molecule has 0 saturated heterocycles. The highest BCUT2D eigenvalue weighted by molar-refractivity contribution is 7.80. The lowest BCUT2D eigenvalue weighted by molar-refractivity contribution is -0.142. The minimum absolute atomic E-state index is 0.350. The van der Waals surface area contributed by atoms with E-state index in [0.29, 0.717) is 0 Å². The number of aromatic amines is 1. The van der Waals surface area contributed by atoms with Gasteiger partial charge in [0.15, 0.2) is 5.44 Å². The van der Waals surface area contributed by atoms with Crippen molar-refractivity contribution in [2.75, 3.05) is 0 Å². The first-order valence-electron chi connectivity index (χ1n) is 5.12. The third-order valence-electron chi connectivity index (χ3n) is 2.26. The molecule has 1 aromatic heterocycles. The first-order valence-corrected chi connectivity index (χ1v) is 5.63. The number of thiol groups is 1. The number of esters is 1. The van der Waals surface area contributed by atoms with Crippen LogP contribution in [-0.4, -0.2) is 16.2 Å². The maximum atomic E-state index is 10.9. The van der Waals surface area contributed by atoms with Crippen LogP contribution in [0.4, 0.5) is 0 Å². The maximum absolute atomic E-state index is 10.9. The molecular formula is C12H12N2O2S. The molecule has 0 aliphatic heterocycles. The Morgan fingerprint density at radius 3 is 2.94 bits per heavy atom. The molecule has 1 atom stereocenters. The van der Waals surface area contributed by atoms with Crippen LogP contribution in [-0.2, 0) is 9.53 Å². The average molecular weight is 248 g/mol. The van der Waals surface area contributed by atoms with E-state index in [0.717, 1.165) is 16.8 Å². The number of ether oxygens (including phenoxy) is 1. The Bertz CT molecular complexity index is 511. The molecule has 0 radical (unpaired) electrons. The molecule has 0 saturated carbocycles. The molecular weight excluding hydrogens is 236 g/mol. The fraction of sp³-hybridized carbons (Fsp3) is 0.167. The van der Waals surface area contributed by atoms with E-state index in [-0.39, 0.29) is 5.97 Å². The number of nitrogens with zero attached hydrogens (tertiary/aromatic N) is 1. The van der Waals surface area contributed by atoms with Gasteiger partial charge in [0.25, 0.3) is 0 Å². The van der Waals surface area contributed by atoms with Gasteiger partial charge in [0.05, 0.1) is 5.69 Å². The van der Waals surface area contributed by atoms with Gasteiger partial charge in [0.2, 0.25) is 0 Å². The molecule has 0 amide bonds. The average Bonchev–Trinajstić information content (AvgIpc) is 2.82. The second-order valence-corrected chi connectivity index (χ2v) is 4.03. The van der Waals surface area contributed by atoms with Crippen LogP contribution in [0, 0.1) is 0 Å². The fourth-order valence-electron chi connectivity index (χ4n) is 1.50. The van der Waals surface area contributed by atoms with Gasteiger partial charge in [-0.15, -0.1) is 12.6 Å². The molecule has 1 heterocycles. The van der Waals surface area contributed by atoms with Crippen molar-refractivity contribution in [1.29, 1.82) is 0 Å². The van der Waals surface area contributed by atoms with E-state index >= 15 is 0 Å². The predicted molar refractivity (Wildman–Crippen MR) is 67.5 cm³/mol. The summed E-state index contributed by atoms with van der Waals surface area (Å²) in [6, 6.07) is 9.48. The number of nitrogens with one attached hydrogen (secondary N) is 1. The van der Waals surface area contributed by atoms with Crippen molar-refractivity contribution in [2.45, 2.75) is 12.4 Å². The Labute approximate surface area is 104 Å². The second kappa shape index (κ2) is 5.05. The number of hydrogen-bond acceptors (Lipinski definition) is 4. The molecule has 2 aromatic rings. The Morgan fingerprint density at radius 2 is 2.29 bits per heavy atom. The van der Waals surface area contributed by atoms with E-state index in [4.69, 9.17) is 4.74 Å². The second-order valence-electron chi connectivity index (χ2n) is 3.56. The summed E-state index contributed by atoms with van der Waals surface area (Å²) in [5.41, 5.74) is 2.17. The number of rotatable bonds is 3. The minimum Gasteiger partial charge on any atom is -0.447 e. The lowest BCUT2D eigenvalue weighted by Gasteiger charge is -2.12. The van der Waals surface area contributed by atoms with E-state index in [9.17, 15) is 4.79 Å².